The lowest BCUT2D eigenvalue weighted by Crippen LogP contribution is -2.32. The largest absolute Gasteiger partial charge is 0.368 e. The first kappa shape index (κ1) is 17.2. The van der Waals surface area contributed by atoms with Gasteiger partial charge in [-0.25, -0.2) is 9.48 Å². The number of primary amides is 1. The van der Waals surface area contributed by atoms with Crippen LogP contribution in [0.5, 0.6) is 0 Å². The molecule has 4 amide bonds. The monoisotopic (exact) mass is 384 g/mol. The number of amides is 4. The number of nitrogens with two attached hydrogens (primary N) is 1. The van der Waals surface area contributed by atoms with E-state index in [0.717, 1.165) is 15.0 Å². The van der Waals surface area contributed by atoms with Gasteiger partial charge in [0.15, 0.2) is 0 Å². The van der Waals surface area contributed by atoms with Crippen LogP contribution < -0.4 is 11.1 Å². The third-order valence-electron chi connectivity index (χ3n) is 4.21. The summed E-state index contributed by atoms with van der Waals surface area (Å²) in [4.78, 5) is 38.0. The lowest BCUT2D eigenvalue weighted by Gasteiger charge is -2.11. The fourth-order valence-electron chi connectivity index (χ4n) is 3.01. The number of aromatic nitrogens is 3. The maximum atomic E-state index is 12.6. The number of hydrogen-bond acceptors (Lipinski definition) is 6. The first-order valence-electron chi connectivity index (χ1n) is 8.26. The number of urea groups is 1. The second-order valence-electron chi connectivity index (χ2n) is 6.25. The minimum atomic E-state index is -0.703. The molecule has 0 bridgehead atoms. The van der Waals surface area contributed by atoms with Crippen LogP contribution in [0.25, 0.3) is 10.1 Å². The molecule has 0 aliphatic carbocycles. The quantitative estimate of drug-likeness (QED) is 0.604. The van der Waals surface area contributed by atoms with Gasteiger partial charge < -0.3 is 11.1 Å². The number of nitrogens with one attached hydrogen (secondary N) is 1. The number of hydrogen-bond donors (Lipinski definition) is 2. The van der Waals surface area contributed by atoms with E-state index < -0.39 is 18.0 Å². The van der Waals surface area contributed by atoms with Gasteiger partial charge in [0.1, 0.15) is 12.6 Å². The average Bonchev–Trinajstić information content (AvgIpc) is 3.29. The SMILES string of the molecule is NC(=O)Cn1cc(C[C@H]2NC(=O)N(Cc3cc4ccccc4s3)C2=O)nn1. The Morgan fingerprint density at radius 3 is 2.89 bits per heavy atom. The van der Waals surface area contributed by atoms with Crippen LogP contribution in [0, 0.1) is 0 Å². The number of benzene rings is 1. The molecular formula is C17H16N6O3S. The van der Waals surface area contributed by atoms with Crippen LogP contribution >= 0.6 is 11.3 Å². The summed E-state index contributed by atoms with van der Waals surface area (Å²) in [6, 6.07) is 8.78. The van der Waals surface area contributed by atoms with E-state index in [2.05, 4.69) is 15.6 Å². The highest BCUT2D eigenvalue weighted by molar-refractivity contribution is 7.19. The van der Waals surface area contributed by atoms with Crippen molar-refractivity contribution in [1.29, 1.82) is 0 Å². The van der Waals surface area contributed by atoms with Crippen molar-refractivity contribution in [2.24, 2.45) is 5.73 Å². The third kappa shape index (κ3) is 3.51. The van der Waals surface area contributed by atoms with E-state index >= 15 is 0 Å². The molecule has 1 fully saturated rings. The fraction of sp³-hybridized carbons (Fsp3) is 0.235. The van der Waals surface area contributed by atoms with Crippen molar-refractivity contribution < 1.29 is 14.4 Å². The van der Waals surface area contributed by atoms with E-state index in [4.69, 9.17) is 5.73 Å². The van der Waals surface area contributed by atoms with Crippen LogP contribution in [-0.4, -0.2) is 43.8 Å². The normalized spacial score (nSPS) is 16.9. The van der Waals surface area contributed by atoms with Crippen LogP contribution in [0.2, 0.25) is 0 Å². The highest BCUT2D eigenvalue weighted by Gasteiger charge is 2.38. The Hall–Kier alpha value is -3.27. The zero-order chi connectivity index (χ0) is 19.0. The maximum absolute atomic E-state index is 12.6. The van der Waals surface area contributed by atoms with Gasteiger partial charge in [-0.15, -0.1) is 16.4 Å². The number of carbonyl (C=O) groups excluding carboxylic acids is 3. The Bertz CT molecular complexity index is 1010. The summed E-state index contributed by atoms with van der Waals surface area (Å²) in [6.45, 7) is 0.144. The number of fused-ring (bicyclic) bond motifs is 1. The summed E-state index contributed by atoms with van der Waals surface area (Å²) in [5.41, 5.74) is 5.61. The second kappa shape index (κ2) is 6.80. The number of imide groups is 1. The first-order valence-corrected chi connectivity index (χ1v) is 9.08. The summed E-state index contributed by atoms with van der Waals surface area (Å²) in [5.74, 6) is -0.840. The molecule has 0 spiro atoms. The van der Waals surface area contributed by atoms with E-state index in [1.807, 2.05) is 30.3 Å². The zero-order valence-electron chi connectivity index (χ0n) is 14.2. The molecule has 0 radical (unpaired) electrons. The molecule has 1 aliphatic rings. The predicted octanol–water partition coefficient (Wildman–Crippen LogP) is 0.641. The molecule has 0 saturated carbocycles. The van der Waals surface area contributed by atoms with Crippen LogP contribution in [-0.2, 0) is 29.1 Å². The minimum Gasteiger partial charge on any atom is -0.368 e. The molecule has 2 aromatic heterocycles. The zero-order valence-corrected chi connectivity index (χ0v) is 15.0. The van der Waals surface area contributed by atoms with Crippen molar-refractivity contribution in [2.45, 2.75) is 25.6 Å². The highest BCUT2D eigenvalue weighted by Crippen LogP contribution is 2.27. The summed E-state index contributed by atoms with van der Waals surface area (Å²) < 4.78 is 2.41. The topological polar surface area (TPSA) is 123 Å². The van der Waals surface area contributed by atoms with Gasteiger partial charge in [0.25, 0.3) is 5.91 Å². The van der Waals surface area contributed by atoms with Crippen LogP contribution in [0.3, 0.4) is 0 Å². The van der Waals surface area contributed by atoms with Crippen molar-refractivity contribution in [3.63, 3.8) is 0 Å². The number of nitrogens with zero attached hydrogens (tertiary/aromatic N) is 4. The molecule has 1 aromatic carbocycles. The second-order valence-corrected chi connectivity index (χ2v) is 7.42. The van der Waals surface area contributed by atoms with E-state index in [0.29, 0.717) is 5.69 Å². The van der Waals surface area contributed by atoms with Gasteiger partial charge >= 0.3 is 6.03 Å². The number of carbonyl (C=O) groups is 3. The standard InChI is InChI=1S/C17H16N6O3S/c18-15(24)9-22-7-11(20-21-22)6-13-16(25)23(17(26)19-13)8-12-5-10-3-1-2-4-14(10)27-12/h1-5,7,13H,6,8-9H2,(H2,18,24)(H,19,26)/t13-/m1/s1. The first-order chi connectivity index (χ1) is 13.0. The van der Waals surface area contributed by atoms with Crippen LogP contribution in [0.1, 0.15) is 10.6 Å². The molecule has 9 nitrogen and oxygen atoms in total. The molecule has 1 saturated heterocycles. The molecule has 10 heteroatoms. The van der Waals surface area contributed by atoms with Crippen LogP contribution in [0.4, 0.5) is 4.79 Å². The molecule has 1 atom stereocenters. The van der Waals surface area contributed by atoms with E-state index in [9.17, 15) is 14.4 Å². The maximum Gasteiger partial charge on any atom is 0.325 e. The van der Waals surface area contributed by atoms with Crippen molar-refractivity contribution in [3.8, 4) is 0 Å². The van der Waals surface area contributed by atoms with E-state index in [1.165, 1.54) is 9.58 Å². The Labute approximate surface area is 157 Å². The third-order valence-corrected chi connectivity index (χ3v) is 5.32. The summed E-state index contributed by atoms with van der Waals surface area (Å²) in [7, 11) is 0. The molecule has 138 valence electrons. The molecule has 1 aliphatic heterocycles. The van der Waals surface area contributed by atoms with Gasteiger partial charge in [0.05, 0.1) is 12.2 Å². The number of thiophene rings is 1. The van der Waals surface area contributed by atoms with Gasteiger partial charge in [0, 0.05) is 22.2 Å². The summed E-state index contributed by atoms with van der Waals surface area (Å²) in [6.07, 6.45) is 1.74. The Morgan fingerprint density at radius 1 is 1.30 bits per heavy atom. The number of rotatable bonds is 6. The van der Waals surface area contributed by atoms with Gasteiger partial charge in [-0.2, -0.15) is 0 Å². The molecule has 3 aromatic rings. The lowest BCUT2D eigenvalue weighted by molar-refractivity contribution is -0.127. The minimum absolute atomic E-state index is 0.0873. The van der Waals surface area contributed by atoms with Gasteiger partial charge in [-0.3, -0.25) is 14.5 Å². The van der Waals surface area contributed by atoms with Gasteiger partial charge in [-0.05, 0) is 17.5 Å². The molecule has 4 rings (SSSR count). The molecule has 3 N–H and O–H groups in total. The smallest absolute Gasteiger partial charge is 0.325 e. The van der Waals surface area contributed by atoms with Gasteiger partial charge in [-0.1, -0.05) is 23.4 Å². The van der Waals surface area contributed by atoms with E-state index in [-0.39, 0.29) is 25.4 Å². The van der Waals surface area contributed by atoms with E-state index in [1.54, 1.807) is 17.5 Å². The van der Waals surface area contributed by atoms with Crippen molar-refractivity contribution >= 4 is 39.3 Å². The summed E-state index contributed by atoms with van der Waals surface area (Å²) in [5, 5.41) is 11.5. The highest BCUT2D eigenvalue weighted by atomic mass is 32.1. The van der Waals surface area contributed by atoms with Crippen molar-refractivity contribution in [2.75, 3.05) is 0 Å². The molecule has 27 heavy (non-hydrogen) atoms. The Morgan fingerprint density at radius 2 is 2.11 bits per heavy atom. The Kier molecular flexibility index (Phi) is 4.32. The average molecular weight is 384 g/mol. The van der Waals surface area contributed by atoms with Crippen molar-refractivity contribution in [1.82, 2.24) is 25.2 Å². The lowest BCUT2D eigenvalue weighted by atomic mass is 10.1. The predicted molar refractivity (Wildman–Crippen MR) is 97.6 cm³/mol. The van der Waals surface area contributed by atoms with Crippen LogP contribution in [0.15, 0.2) is 36.5 Å². The summed E-state index contributed by atoms with van der Waals surface area (Å²) >= 11 is 1.56. The Balaban J connectivity index is 1.45. The molecule has 3 heterocycles. The fourth-order valence-corrected chi connectivity index (χ4v) is 4.07. The van der Waals surface area contributed by atoms with Gasteiger partial charge in [0.2, 0.25) is 5.91 Å². The molecular weight excluding hydrogens is 368 g/mol. The van der Waals surface area contributed by atoms with Crippen molar-refractivity contribution in [3.05, 3.63) is 47.1 Å². The molecule has 0 unspecified atom stereocenters.